The summed E-state index contributed by atoms with van der Waals surface area (Å²) >= 11 is 0. The van der Waals surface area contributed by atoms with Gasteiger partial charge in [-0.3, -0.25) is 19.7 Å². The Bertz CT molecular complexity index is 457. The van der Waals surface area contributed by atoms with Crippen LogP contribution in [0.15, 0.2) is 30.3 Å². The smallest absolute Gasteiger partial charge is 0.251 e. The van der Waals surface area contributed by atoms with Crippen molar-refractivity contribution in [3.05, 3.63) is 35.9 Å². The molecule has 1 heterocycles. The van der Waals surface area contributed by atoms with Gasteiger partial charge in [0.2, 0.25) is 11.8 Å². The molecule has 1 aliphatic heterocycles. The molecule has 2 N–H and O–H groups in total. The van der Waals surface area contributed by atoms with Crippen molar-refractivity contribution < 1.29 is 14.4 Å². The molecule has 0 spiro atoms. The highest BCUT2D eigenvalue weighted by Gasteiger charge is 2.27. The molecule has 1 aromatic rings. The van der Waals surface area contributed by atoms with E-state index in [-0.39, 0.29) is 18.2 Å². The van der Waals surface area contributed by atoms with Crippen molar-refractivity contribution in [3.8, 4) is 0 Å². The first-order valence-corrected chi connectivity index (χ1v) is 6.36. The van der Waals surface area contributed by atoms with E-state index in [4.69, 9.17) is 0 Å². The first-order valence-electron chi connectivity index (χ1n) is 6.36. The molecule has 0 saturated carbocycles. The van der Waals surface area contributed by atoms with Gasteiger partial charge in [-0.15, -0.1) is 0 Å². The fourth-order valence-corrected chi connectivity index (χ4v) is 1.66. The van der Waals surface area contributed by atoms with Gasteiger partial charge in [-0.05, 0) is 18.6 Å². The minimum absolute atomic E-state index is 0.255. The maximum absolute atomic E-state index is 11.8. The minimum atomic E-state index is -0.625. The molecule has 5 heteroatoms. The molecule has 1 fully saturated rings. The number of amides is 3. The van der Waals surface area contributed by atoms with Gasteiger partial charge in [0, 0.05) is 12.0 Å². The van der Waals surface area contributed by atoms with Crippen LogP contribution in [0, 0.1) is 0 Å². The van der Waals surface area contributed by atoms with E-state index in [1.54, 1.807) is 24.3 Å². The monoisotopic (exact) mass is 262 g/mol. The van der Waals surface area contributed by atoms with Crippen molar-refractivity contribution in [1.29, 1.82) is 0 Å². The lowest BCUT2D eigenvalue weighted by Crippen LogP contribution is -2.52. The standard InChI is InChI=1S/C12H12N2O3.C2H6/c15-10-7-6-9(12(17)14-10)13-11(16)8-4-2-1-3-5-8;1-2/h1-5,9H,6-7H2,(H,13,16)(H,14,15,17);1-2H3. The van der Waals surface area contributed by atoms with E-state index in [1.807, 2.05) is 19.9 Å². The summed E-state index contributed by atoms with van der Waals surface area (Å²) in [6.07, 6.45) is 0.606. The van der Waals surface area contributed by atoms with Crippen LogP contribution >= 0.6 is 0 Å². The van der Waals surface area contributed by atoms with Crippen LogP contribution in [0.4, 0.5) is 0 Å². The normalized spacial score (nSPS) is 17.9. The third-order valence-electron chi connectivity index (χ3n) is 2.58. The Morgan fingerprint density at radius 1 is 1.21 bits per heavy atom. The molecule has 3 amide bonds. The van der Waals surface area contributed by atoms with E-state index in [0.717, 1.165) is 0 Å². The lowest BCUT2D eigenvalue weighted by atomic mass is 10.1. The number of carbonyl (C=O) groups excluding carboxylic acids is 3. The number of rotatable bonds is 2. The van der Waals surface area contributed by atoms with Gasteiger partial charge in [-0.2, -0.15) is 0 Å². The molecule has 1 unspecified atom stereocenters. The van der Waals surface area contributed by atoms with Crippen molar-refractivity contribution in [2.75, 3.05) is 0 Å². The average molecular weight is 262 g/mol. The summed E-state index contributed by atoms with van der Waals surface area (Å²) in [5.41, 5.74) is 0.497. The maximum Gasteiger partial charge on any atom is 0.251 e. The molecule has 1 saturated heterocycles. The van der Waals surface area contributed by atoms with Gasteiger partial charge in [0.15, 0.2) is 0 Å². The van der Waals surface area contributed by atoms with E-state index >= 15 is 0 Å². The van der Waals surface area contributed by atoms with Crippen molar-refractivity contribution in [2.45, 2.75) is 32.7 Å². The molecule has 19 heavy (non-hydrogen) atoms. The molecule has 0 aromatic heterocycles. The Morgan fingerprint density at radius 3 is 2.42 bits per heavy atom. The number of benzene rings is 1. The zero-order chi connectivity index (χ0) is 14.3. The predicted molar refractivity (Wildman–Crippen MR) is 71.4 cm³/mol. The van der Waals surface area contributed by atoms with Crippen LogP contribution in [0.1, 0.15) is 37.0 Å². The van der Waals surface area contributed by atoms with E-state index in [2.05, 4.69) is 10.6 Å². The largest absolute Gasteiger partial charge is 0.340 e. The second kappa shape index (κ2) is 7.31. The topological polar surface area (TPSA) is 75.3 Å². The number of nitrogens with one attached hydrogen (secondary N) is 2. The summed E-state index contributed by atoms with van der Waals surface area (Å²) in [4.78, 5) is 34.1. The van der Waals surface area contributed by atoms with Gasteiger partial charge in [0.1, 0.15) is 6.04 Å². The summed E-state index contributed by atoms with van der Waals surface area (Å²) in [5.74, 6) is -1.04. The number of hydrogen-bond acceptors (Lipinski definition) is 3. The van der Waals surface area contributed by atoms with Gasteiger partial charge in [-0.25, -0.2) is 0 Å². The molecule has 1 aromatic carbocycles. The SMILES string of the molecule is CC.O=C1CCC(NC(=O)c2ccccc2)C(=O)N1. The number of imide groups is 1. The van der Waals surface area contributed by atoms with E-state index < -0.39 is 11.9 Å². The second-order valence-electron chi connectivity index (χ2n) is 3.84. The molecular formula is C14H18N2O3. The molecule has 5 nitrogen and oxygen atoms in total. The third-order valence-corrected chi connectivity index (χ3v) is 2.58. The van der Waals surface area contributed by atoms with Crippen LogP contribution in [0.5, 0.6) is 0 Å². The molecule has 0 radical (unpaired) electrons. The highest BCUT2D eigenvalue weighted by atomic mass is 16.2. The summed E-state index contributed by atoms with van der Waals surface area (Å²) in [7, 11) is 0. The van der Waals surface area contributed by atoms with Gasteiger partial charge < -0.3 is 5.32 Å². The Morgan fingerprint density at radius 2 is 1.84 bits per heavy atom. The van der Waals surface area contributed by atoms with E-state index in [1.165, 1.54) is 0 Å². The van der Waals surface area contributed by atoms with Gasteiger partial charge in [-0.1, -0.05) is 32.0 Å². The number of hydrogen-bond donors (Lipinski definition) is 2. The van der Waals surface area contributed by atoms with E-state index in [9.17, 15) is 14.4 Å². The maximum atomic E-state index is 11.8. The predicted octanol–water partition coefficient (Wildman–Crippen LogP) is 1.25. The summed E-state index contributed by atoms with van der Waals surface area (Å²) in [6.45, 7) is 4.00. The molecule has 2 rings (SSSR count). The molecule has 102 valence electrons. The first-order chi connectivity index (χ1) is 9.16. The Kier molecular flexibility index (Phi) is 5.73. The second-order valence-corrected chi connectivity index (χ2v) is 3.84. The Balaban J connectivity index is 0.000000861. The highest BCUT2D eigenvalue weighted by Crippen LogP contribution is 2.06. The molecule has 0 aliphatic carbocycles. The summed E-state index contributed by atoms with van der Waals surface area (Å²) < 4.78 is 0. The minimum Gasteiger partial charge on any atom is -0.340 e. The average Bonchev–Trinajstić information content (AvgIpc) is 2.45. The van der Waals surface area contributed by atoms with Crippen LogP contribution in [-0.4, -0.2) is 23.8 Å². The fraction of sp³-hybridized carbons (Fsp3) is 0.357. The Labute approximate surface area is 112 Å². The van der Waals surface area contributed by atoms with Crippen LogP contribution in [0.2, 0.25) is 0 Å². The van der Waals surface area contributed by atoms with Crippen molar-refractivity contribution >= 4 is 17.7 Å². The number of piperidine rings is 1. The lowest BCUT2D eigenvalue weighted by molar-refractivity contribution is -0.134. The van der Waals surface area contributed by atoms with Crippen molar-refractivity contribution in [2.24, 2.45) is 0 Å². The van der Waals surface area contributed by atoms with Crippen molar-refractivity contribution in [1.82, 2.24) is 10.6 Å². The highest BCUT2D eigenvalue weighted by molar-refractivity contribution is 6.03. The molecule has 1 aliphatic rings. The van der Waals surface area contributed by atoms with Crippen LogP contribution < -0.4 is 10.6 Å². The summed E-state index contributed by atoms with van der Waals surface area (Å²) in [6, 6.07) is 8.02. The molecule has 1 atom stereocenters. The van der Waals surface area contributed by atoms with Crippen molar-refractivity contribution in [3.63, 3.8) is 0 Å². The fourth-order valence-electron chi connectivity index (χ4n) is 1.66. The quantitative estimate of drug-likeness (QED) is 0.788. The van der Waals surface area contributed by atoms with Gasteiger partial charge in [0.05, 0.1) is 0 Å². The zero-order valence-electron chi connectivity index (χ0n) is 11.1. The zero-order valence-corrected chi connectivity index (χ0v) is 11.1. The third kappa shape index (κ3) is 4.21. The van der Waals surface area contributed by atoms with Crippen LogP contribution in [0.3, 0.4) is 0 Å². The van der Waals surface area contributed by atoms with Gasteiger partial charge in [0.25, 0.3) is 5.91 Å². The van der Waals surface area contributed by atoms with Crippen LogP contribution in [-0.2, 0) is 9.59 Å². The summed E-state index contributed by atoms with van der Waals surface area (Å²) in [5, 5.41) is 4.80. The number of carbonyl (C=O) groups is 3. The lowest BCUT2D eigenvalue weighted by Gasteiger charge is -2.21. The van der Waals surface area contributed by atoms with Gasteiger partial charge >= 0.3 is 0 Å². The molecular weight excluding hydrogens is 244 g/mol. The van der Waals surface area contributed by atoms with E-state index in [0.29, 0.717) is 12.0 Å². The Hall–Kier alpha value is -2.17. The van der Waals surface area contributed by atoms with Crippen LogP contribution in [0.25, 0.3) is 0 Å². The molecule has 0 bridgehead atoms. The first kappa shape index (κ1) is 14.9.